The highest BCUT2D eigenvalue weighted by molar-refractivity contribution is 7.17. The number of ether oxygens (including phenoxy) is 1. The zero-order chi connectivity index (χ0) is 22.3. The molecule has 158 valence electrons. The quantitative estimate of drug-likeness (QED) is 0.398. The highest BCUT2D eigenvalue weighted by atomic mass is 32.1. The van der Waals surface area contributed by atoms with Gasteiger partial charge in [0.25, 0.3) is 0 Å². The summed E-state index contributed by atoms with van der Waals surface area (Å²) in [4.78, 5) is 15.9. The molecule has 4 aromatic rings. The molecule has 2 aromatic carbocycles. The van der Waals surface area contributed by atoms with Gasteiger partial charge in [-0.3, -0.25) is 0 Å². The van der Waals surface area contributed by atoms with Gasteiger partial charge in [-0.05, 0) is 51.1 Å². The lowest BCUT2D eigenvalue weighted by molar-refractivity contribution is 0.0701. The van der Waals surface area contributed by atoms with Gasteiger partial charge in [0.05, 0.1) is 17.0 Å². The van der Waals surface area contributed by atoms with Crippen molar-refractivity contribution in [2.45, 2.75) is 20.8 Å². The van der Waals surface area contributed by atoms with Gasteiger partial charge >= 0.3 is 5.97 Å². The van der Waals surface area contributed by atoms with Crippen LogP contribution in [0.25, 0.3) is 21.7 Å². The predicted octanol–water partition coefficient (Wildman–Crippen LogP) is 6.16. The topological polar surface area (TPSA) is 85.5 Å². The molecule has 0 bridgehead atoms. The number of hydrogen-bond acceptors (Lipinski definition) is 6. The van der Waals surface area contributed by atoms with Crippen molar-refractivity contribution in [1.29, 1.82) is 0 Å². The lowest BCUT2D eigenvalue weighted by Gasteiger charge is -2.13. The third-order valence-corrected chi connectivity index (χ3v) is 5.83. The van der Waals surface area contributed by atoms with Crippen LogP contribution in [0.1, 0.15) is 26.8 Å². The van der Waals surface area contributed by atoms with Gasteiger partial charge in [0.15, 0.2) is 11.6 Å². The van der Waals surface area contributed by atoms with Gasteiger partial charge < -0.3 is 14.4 Å². The van der Waals surface area contributed by atoms with Crippen LogP contribution in [0.4, 0.5) is 8.78 Å². The van der Waals surface area contributed by atoms with Crippen LogP contribution in [0, 0.1) is 32.4 Å². The number of rotatable bonds is 5. The van der Waals surface area contributed by atoms with Crippen molar-refractivity contribution in [3.8, 4) is 33.2 Å². The number of aromatic nitrogens is 2. The Bertz CT molecular complexity index is 1290. The number of carboxylic acid groups (broad SMARTS) is 1. The Balaban J connectivity index is 1.87. The standard InChI is InChI=1S/C22H16F2N2O4S/c1-10-19(12(3)30-26-10)15-8-13(21-25-11(2)20(31-21)22(27)28)4-7-17(15)29-18-9-14(23)5-6-16(18)24/h4-9H,1-3H3,(H,27,28). The molecule has 0 spiro atoms. The third kappa shape index (κ3) is 3.91. The fourth-order valence-electron chi connectivity index (χ4n) is 3.21. The van der Waals surface area contributed by atoms with Gasteiger partial charge in [-0.1, -0.05) is 5.16 Å². The summed E-state index contributed by atoms with van der Waals surface area (Å²) in [6.07, 6.45) is 0. The summed E-state index contributed by atoms with van der Waals surface area (Å²) in [5.74, 6) is -1.88. The van der Waals surface area contributed by atoms with E-state index in [0.717, 1.165) is 29.5 Å². The van der Waals surface area contributed by atoms with Gasteiger partial charge in [-0.25, -0.2) is 18.6 Å². The van der Waals surface area contributed by atoms with Gasteiger partial charge in [0.2, 0.25) is 0 Å². The first-order chi connectivity index (χ1) is 14.7. The van der Waals surface area contributed by atoms with Gasteiger partial charge in [0.1, 0.15) is 27.2 Å². The normalized spacial score (nSPS) is 11.0. The van der Waals surface area contributed by atoms with E-state index >= 15 is 0 Å². The molecule has 0 aliphatic carbocycles. The number of carbonyl (C=O) groups is 1. The summed E-state index contributed by atoms with van der Waals surface area (Å²) in [5, 5.41) is 13.8. The highest BCUT2D eigenvalue weighted by Crippen LogP contribution is 2.41. The molecule has 0 fully saturated rings. The Labute approximate surface area is 179 Å². The third-order valence-electron chi connectivity index (χ3n) is 4.63. The van der Waals surface area contributed by atoms with Crippen molar-refractivity contribution in [3.05, 3.63) is 70.1 Å². The maximum atomic E-state index is 14.2. The molecule has 9 heteroatoms. The molecule has 6 nitrogen and oxygen atoms in total. The summed E-state index contributed by atoms with van der Waals surface area (Å²) >= 11 is 1.05. The second-order valence-corrected chi connectivity index (χ2v) is 7.82. The maximum Gasteiger partial charge on any atom is 0.347 e. The van der Waals surface area contributed by atoms with E-state index in [2.05, 4.69) is 10.1 Å². The predicted molar refractivity (Wildman–Crippen MR) is 111 cm³/mol. The molecule has 31 heavy (non-hydrogen) atoms. The van der Waals surface area contributed by atoms with E-state index in [1.54, 1.807) is 39.0 Å². The molecule has 0 saturated carbocycles. The molecule has 0 radical (unpaired) electrons. The van der Waals surface area contributed by atoms with E-state index in [-0.39, 0.29) is 16.4 Å². The Morgan fingerprint density at radius 1 is 1.06 bits per heavy atom. The zero-order valence-corrected chi connectivity index (χ0v) is 17.5. The van der Waals surface area contributed by atoms with Crippen molar-refractivity contribution < 1.29 is 27.9 Å². The van der Waals surface area contributed by atoms with Crippen molar-refractivity contribution in [2.24, 2.45) is 0 Å². The maximum absolute atomic E-state index is 14.2. The SMILES string of the molecule is Cc1nc(-c2ccc(Oc3cc(F)ccc3F)c(-c3c(C)noc3C)c2)sc1C(=O)O. The first-order valence-electron chi connectivity index (χ1n) is 9.16. The first-order valence-corrected chi connectivity index (χ1v) is 9.97. The van der Waals surface area contributed by atoms with Crippen molar-refractivity contribution in [3.63, 3.8) is 0 Å². The van der Waals surface area contributed by atoms with Crippen molar-refractivity contribution >= 4 is 17.3 Å². The van der Waals surface area contributed by atoms with Crippen LogP contribution in [0.3, 0.4) is 0 Å². The number of aryl methyl sites for hydroxylation is 3. The largest absolute Gasteiger partial charge is 0.477 e. The zero-order valence-electron chi connectivity index (χ0n) is 16.7. The summed E-state index contributed by atoms with van der Waals surface area (Å²) in [6, 6.07) is 7.97. The van der Waals surface area contributed by atoms with Crippen LogP contribution in [0.15, 0.2) is 40.9 Å². The summed E-state index contributed by atoms with van der Waals surface area (Å²) in [7, 11) is 0. The minimum atomic E-state index is -1.05. The van der Waals surface area contributed by atoms with Crippen LogP contribution >= 0.6 is 11.3 Å². The first kappa shape index (κ1) is 20.7. The molecule has 0 unspecified atom stereocenters. The molecule has 2 heterocycles. The lowest BCUT2D eigenvalue weighted by Crippen LogP contribution is -1.94. The number of nitrogens with zero attached hydrogens (tertiary/aromatic N) is 2. The second kappa shape index (κ2) is 7.92. The molecule has 0 atom stereocenters. The summed E-state index contributed by atoms with van der Waals surface area (Å²) in [5.41, 5.74) is 2.81. The van der Waals surface area contributed by atoms with Crippen molar-refractivity contribution in [1.82, 2.24) is 10.1 Å². The van der Waals surface area contributed by atoms with Crippen LogP contribution in [-0.4, -0.2) is 21.2 Å². The van der Waals surface area contributed by atoms with Gasteiger partial charge in [-0.15, -0.1) is 11.3 Å². The Morgan fingerprint density at radius 2 is 1.84 bits per heavy atom. The minimum absolute atomic E-state index is 0.149. The summed E-state index contributed by atoms with van der Waals surface area (Å²) < 4.78 is 38.8. The molecular weight excluding hydrogens is 426 g/mol. The fourth-order valence-corrected chi connectivity index (χ4v) is 4.11. The molecule has 0 saturated heterocycles. The van der Waals surface area contributed by atoms with E-state index in [1.807, 2.05) is 0 Å². The molecule has 4 rings (SSSR count). The fraction of sp³-hybridized carbons (Fsp3) is 0.136. The van der Waals surface area contributed by atoms with Crippen LogP contribution in [0.5, 0.6) is 11.5 Å². The number of aromatic carboxylic acids is 1. The second-order valence-electron chi connectivity index (χ2n) is 6.83. The molecule has 2 aromatic heterocycles. The van der Waals surface area contributed by atoms with Crippen LogP contribution in [0.2, 0.25) is 0 Å². The average molecular weight is 442 g/mol. The lowest BCUT2D eigenvalue weighted by atomic mass is 10.0. The average Bonchev–Trinajstić information content (AvgIpc) is 3.27. The number of carboxylic acids is 1. The van der Waals surface area contributed by atoms with Gasteiger partial charge in [0, 0.05) is 17.2 Å². The Kier molecular flexibility index (Phi) is 5.28. The monoisotopic (exact) mass is 442 g/mol. The van der Waals surface area contributed by atoms with Crippen LogP contribution in [-0.2, 0) is 0 Å². The molecule has 1 N–H and O–H groups in total. The summed E-state index contributed by atoms with van der Waals surface area (Å²) in [6.45, 7) is 5.11. The van der Waals surface area contributed by atoms with Crippen LogP contribution < -0.4 is 4.74 Å². The van der Waals surface area contributed by atoms with E-state index < -0.39 is 17.6 Å². The Hall–Kier alpha value is -3.59. The van der Waals surface area contributed by atoms with E-state index in [1.165, 1.54) is 0 Å². The van der Waals surface area contributed by atoms with E-state index in [0.29, 0.717) is 38.8 Å². The molecule has 0 amide bonds. The Morgan fingerprint density at radius 3 is 2.48 bits per heavy atom. The number of benzene rings is 2. The van der Waals surface area contributed by atoms with E-state index in [9.17, 15) is 18.7 Å². The smallest absolute Gasteiger partial charge is 0.347 e. The van der Waals surface area contributed by atoms with E-state index in [4.69, 9.17) is 9.26 Å². The molecule has 0 aliphatic rings. The number of hydrogen-bond donors (Lipinski definition) is 1. The highest BCUT2D eigenvalue weighted by Gasteiger charge is 2.21. The number of halogens is 2. The van der Waals surface area contributed by atoms with Crippen molar-refractivity contribution in [2.75, 3.05) is 0 Å². The molecular formula is C22H16F2N2O4S. The molecule has 0 aliphatic heterocycles. The number of thiazole rings is 1. The minimum Gasteiger partial charge on any atom is -0.477 e. The van der Waals surface area contributed by atoms with Gasteiger partial charge in [-0.2, -0.15) is 0 Å².